The number of likely N-dealkylation sites (tertiary alicyclic amines) is 1. The number of aliphatic carboxylic acids is 1. The highest BCUT2D eigenvalue weighted by Crippen LogP contribution is 2.51. The van der Waals surface area contributed by atoms with E-state index >= 15 is 0 Å². The lowest BCUT2D eigenvalue weighted by atomic mass is 9.64. The van der Waals surface area contributed by atoms with Crippen LogP contribution in [0.5, 0.6) is 0 Å². The van der Waals surface area contributed by atoms with E-state index < -0.39 is 11.4 Å². The first-order valence-electron chi connectivity index (χ1n) is 9.00. The highest BCUT2D eigenvalue weighted by atomic mass is 16.4. The van der Waals surface area contributed by atoms with Gasteiger partial charge in [0, 0.05) is 19.6 Å². The van der Waals surface area contributed by atoms with E-state index in [1.807, 2.05) is 10.7 Å². The number of hydrogen-bond donors (Lipinski definition) is 1. The summed E-state index contributed by atoms with van der Waals surface area (Å²) < 4.78 is 1.81. The molecule has 0 bridgehead atoms. The number of carbonyl (C=O) groups is 1. The van der Waals surface area contributed by atoms with Crippen molar-refractivity contribution >= 4 is 5.97 Å². The van der Waals surface area contributed by atoms with Crippen molar-refractivity contribution in [3.05, 3.63) is 48.5 Å². The summed E-state index contributed by atoms with van der Waals surface area (Å²) in [7, 11) is 0. The molecule has 1 saturated heterocycles. The Balaban J connectivity index is 1.47. The van der Waals surface area contributed by atoms with Gasteiger partial charge in [0.05, 0.1) is 12.0 Å². The van der Waals surface area contributed by atoms with Crippen molar-refractivity contribution in [1.29, 1.82) is 0 Å². The zero-order valence-electron chi connectivity index (χ0n) is 14.3. The number of rotatable bonds is 5. The molecule has 2 fully saturated rings. The van der Waals surface area contributed by atoms with Gasteiger partial charge >= 0.3 is 5.97 Å². The summed E-state index contributed by atoms with van der Waals surface area (Å²) in [5.74, 6) is 0.0842. The van der Waals surface area contributed by atoms with E-state index in [0.29, 0.717) is 12.5 Å². The minimum atomic E-state index is -0.618. The number of hydrogen-bond acceptors (Lipinski definition) is 4. The van der Waals surface area contributed by atoms with E-state index in [-0.39, 0.29) is 5.92 Å². The third-order valence-electron chi connectivity index (χ3n) is 6.08. The first-order chi connectivity index (χ1) is 12.2. The number of benzene rings is 1. The Morgan fingerprint density at radius 3 is 2.84 bits per heavy atom. The predicted octanol–water partition coefficient (Wildman–Crippen LogP) is 2.25. The summed E-state index contributed by atoms with van der Waals surface area (Å²) in [6.07, 6.45) is 5.95. The molecule has 25 heavy (non-hydrogen) atoms. The second-order valence-corrected chi connectivity index (χ2v) is 7.43. The van der Waals surface area contributed by atoms with Gasteiger partial charge in [-0.15, -0.1) is 0 Å². The molecule has 1 aliphatic heterocycles. The summed E-state index contributed by atoms with van der Waals surface area (Å²) in [5.41, 5.74) is 0.774. The molecule has 0 unspecified atom stereocenters. The Morgan fingerprint density at radius 2 is 2.12 bits per heavy atom. The first-order valence-corrected chi connectivity index (χ1v) is 9.00. The zero-order valence-corrected chi connectivity index (χ0v) is 14.3. The SMILES string of the molecule is O=C(O)[C@@]12CC[C@@H](c3ccccc3)C[C@@H]1CN(CCn1cncn1)C2. The fourth-order valence-electron chi connectivity index (χ4n) is 4.70. The first kappa shape index (κ1) is 16.3. The minimum absolute atomic E-state index is 0.222. The topological polar surface area (TPSA) is 71.2 Å². The third-order valence-corrected chi connectivity index (χ3v) is 6.08. The summed E-state index contributed by atoms with van der Waals surface area (Å²) in [6.45, 7) is 3.10. The van der Waals surface area contributed by atoms with Crippen LogP contribution in [0.15, 0.2) is 43.0 Å². The maximum Gasteiger partial charge on any atom is 0.311 e. The molecule has 2 heterocycles. The summed E-state index contributed by atoms with van der Waals surface area (Å²) in [5, 5.41) is 14.1. The van der Waals surface area contributed by atoms with Crippen molar-refractivity contribution in [3.63, 3.8) is 0 Å². The van der Waals surface area contributed by atoms with Crippen molar-refractivity contribution in [1.82, 2.24) is 19.7 Å². The molecule has 0 spiro atoms. The normalized spacial score (nSPS) is 29.4. The average molecular weight is 340 g/mol. The maximum absolute atomic E-state index is 12.1. The lowest BCUT2D eigenvalue weighted by Gasteiger charge is -2.38. The van der Waals surface area contributed by atoms with Crippen molar-refractivity contribution < 1.29 is 9.90 Å². The highest BCUT2D eigenvalue weighted by molar-refractivity contribution is 5.76. The molecule has 0 radical (unpaired) electrons. The standard InChI is InChI=1S/C19H24N4O2/c24-18(25)19-7-6-16(15-4-2-1-3-5-15)10-17(19)11-22(12-19)8-9-23-14-20-13-21-23/h1-5,13-14,16-17H,6-12H2,(H,24,25)/t16-,17-,19-/m1/s1. The quantitative estimate of drug-likeness (QED) is 0.904. The summed E-state index contributed by atoms with van der Waals surface area (Å²) in [4.78, 5) is 18.4. The molecule has 1 aromatic carbocycles. The Bertz CT molecular complexity index is 718. The maximum atomic E-state index is 12.1. The second-order valence-electron chi connectivity index (χ2n) is 7.43. The van der Waals surface area contributed by atoms with Crippen LogP contribution in [0.3, 0.4) is 0 Å². The molecule has 1 aliphatic carbocycles. The molecule has 132 valence electrons. The Morgan fingerprint density at radius 1 is 1.28 bits per heavy atom. The number of aromatic nitrogens is 3. The Kier molecular flexibility index (Phi) is 4.29. The molecule has 2 aliphatic rings. The molecule has 4 rings (SSSR count). The molecule has 2 aromatic rings. The molecule has 6 heteroatoms. The van der Waals surface area contributed by atoms with E-state index in [1.165, 1.54) is 11.9 Å². The summed E-state index contributed by atoms with van der Waals surface area (Å²) >= 11 is 0. The van der Waals surface area contributed by atoms with Crippen LogP contribution in [-0.2, 0) is 11.3 Å². The lowest BCUT2D eigenvalue weighted by Crippen LogP contribution is -2.42. The molecule has 0 amide bonds. The molecule has 6 nitrogen and oxygen atoms in total. The van der Waals surface area contributed by atoms with Crippen LogP contribution in [0.1, 0.15) is 30.7 Å². The number of carboxylic acids is 1. The van der Waals surface area contributed by atoms with Gasteiger partial charge in [-0.3, -0.25) is 9.48 Å². The van der Waals surface area contributed by atoms with Gasteiger partial charge in [0.25, 0.3) is 0 Å². The van der Waals surface area contributed by atoms with Crippen LogP contribution >= 0.6 is 0 Å². The molecule has 1 N–H and O–H groups in total. The van der Waals surface area contributed by atoms with Gasteiger partial charge in [-0.25, -0.2) is 4.98 Å². The van der Waals surface area contributed by atoms with Gasteiger partial charge in [0.1, 0.15) is 12.7 Å². The predicted molar refractivity (Wildman–Crippen MR) is 93.1 cm³/mol. The van der Waals surface area contributed by atoms with E-state index in [4.69, 9.17) is 0 Å². The fraction of sp³-hybridized carbons (Fsp3) is 0.526. The molecular formula is C19H24N4O2. The van der Waals surface area contributed by atoms with Gasteiger partial charge < -0.3 is 10.0 Å². The van der Waals surface area contributed by atoms with Crippen molar-refractivity contribution in [2.45, 2.75) is 31.7 Å². The monoisotopic (exact) mass is 340 g/mol. The van der Waals surface area contributed by atoms with E-state index in [0.717, 1.165) is 38.9 Å². The van der Waals surface area contributed by atoms with Crippen molar-refractivity contribution in [2.75, 3.05) is 19.6 Å². The molecule has 1 aromatic heterocycles. The fourth-order valence-corrected chi connectivity index (χ4v) is 4.70. The lowest BCUT2D eigenvalue weighted by molar-refractivity contribution is -0.152. The van der Waals surface area contributed by atoms with Crippen molar-refractivity contribution in [3.8, 4) is 0 Å². The summed E-state index contributed by atoms with van der Waals surface area (Å²) in [6, 6.07) is 10.5. The van der Waals surface area contributed by atoms with Crippen LogP contribution in [0.2, 0.25) is 0 Å². The second kappa shape index (κ2) is 6.59. The van der Waals surface area contributed by atoms with E-state index in [2.05, 4.69) is 39.2 Å². The molecule has 3 atom stereocenters. The van der Waals surface area contributed by atoms with E-state index in [1.54, 1.807) is 6.33 Å². The molecular weight excluding hydrogens is 316 g/mol. The van der Waals surface area contributed by atoms with E-state index in [9.17, 15) is 9.90 Å². The average Bonchev–Trinajstić information content (AvgIpc) is 3.28. The highest BCUT2D eigenvalue weighted by Gasteiger charge is 2.54. The largest absolute Gasteiger partial charge is 0.481 e. The smallest absolute Gasteiger partial charge is 0.311 e. The Labute approximate surface area is 147 Å². The van der Waals surface area contributed by atoms with Gasteiger partial charge in [0.15, 0.2) is 0 Å². The van der Waals surface area contributed by atoms with Gasteiger partial charge in [-0.05, 0) is 36.7 Å². The zero-order chi connectivity index (χ0) is 17.3. The van der Waals surface area contributed by atoms with Crippen LogP contribution in [0.25, 0.3) is 0 Å². The van der Waals surface area contributed by atoms with Crippen molar-refractivity contribution in [2.24, 2.45) is 11.3 Å². The minimum Gasteiger partial charge on any atom is -0.481 e. The Hall–Kier alpha value is -2.21. The third kappa shape index (κ3) is 3.06. The van der Waals surface area contributed by atoms with Crippen LogP contribution in [-0.4, -0.2) is 50.4 Å². The van der Waals surface area contributed by atoms with Crippen LogP contribution in [0.4, 0.5) is 0 Å². The molecule has 1 saturated carbocycles. The van der Waals surface area contributed by atoms with Gasteiger partial charge in [-0.1, -0.05) is 30.3 Å². The van der Waals surface area contributed by atoms with Gasteiger partial charge in [-0.2, -0.15) is 5.10 Å². The van der Waals surface area contributed by atoms with Crippen LogP contribution in [0, 0.1) is 11.3 Å². The van der Waals surface area contributed by atoms with Crippen LogP contribution < -0.4 is 0 Å². The van der Waals surface area contributed by atoms with Gasteiger partial charge in [0.2, 0.25) is 0 Å². The number of carboxylic acid groups (broad SMARTS) is 1. The number of fused-ring (bicyclic) bond motifs is 1. The number of nitrogens with zero attached hydrogens (tertiary/aromatic N) is 4.